The van der Waals surface area contributed by atoms with E-state index in [1.807, 2.05) is 60.5 Å². The second-order valence-electron chi connectivity index (χ2n) is 5.75. The second-order valence-corrected chi connectivity index (χ2v) is 5.75. The smallest absolute Gasteiger partial charge is 0.229 e. The van der Waals surface area contributed by atoms with Crippen LogP contribution in [0.3, 0.4) is 0 Å². The first kappa shape index (κ1) is 15.8. The first-order chi connectivity index (χ1) is 12.7. The molecule has 0 aliphatic carbocycles. The van der Waals surface area contributed by atoms with Gasteiger partial charge in [-0.1, -0.05) is 12.1 Å². The van der Waals surface area contributed by atoms with E-state index in [4.69, 9.17) is 4.74 Å². The summed E-state index contributed by atoms with van der Waals surface area (Å²) in [6.45, 7) is 0. The molecular formula is C20H16N4O2. The van der Waals surface area contributed by atoms with E-state index in [1.165, 1.54) is 0 Å². The van der Waals surface area contributed by atoms with Crippen LogP contribution >= 0.6 is 0 Å². The number of fused-ring (bicyclic) bond motifs is 1. The number of aromatic amines is 1. The normalized spacial score (nSPS) is 10.7. The number of para-hydroxylation sites is 2. The van der Waals surface area contributed by atoms with E-state index in [0.29, 0.717) is 17.2 Å². The Morgan fingerprint density at radius 3 is 2.62 bits per heavy atom. The number of carbonyl (C=O) groups is 1. The average molecular weight is 344 g/mol. The van der Waals surface area contributed by atoms with Gasteiger partial charge < -0.3 is 14.6 Å². The number of aldehydes is 1. The second kappa shape index (κ2) is 6.68. The molecule has 2 aromatic carbocycles. The molecule has 0 fully saturated rings. The molecule has 26 heavy (non-hydrogen) atoms. The molecule has 0 radical (unpaired) electrons. The first-order valence-electron chi connectivity index (χ1n) is 8.11. The number of pyridine rings is 1. The number of imidazole rings is 1. The largest absolute Gasteiger partial charge is 0.438 e. The van der Waals surface area contributed by atoms with Gasteiger partial charge in [0.05, 0.1) is 16.6 Å². The summed E-state index contributed by atoms with van der Waals surface area (Å²) in [5, 5.41) is 0. The van der Waals surface area contributed by atoms with Crippen molar-refractivity contribution in [1.29, 1.82) is 0 Å². The van der Waals surface area contributed by atoms with Gasteiger partial charge in [-0.05, 0) is 48.5 Å². The lowest BCUT2D eigenvalue weighted by molar-refractivity contribution is 0.112. The van der Waals surface area contributed by atoms with Gasteiger partial charge in [0.25, 0.3) is 0 Å². The third-order valence-corrected chi connectivity index (χ3v) is 4.06. The van der Waals surface area contributed by atoms with Crippen LogP contribution in [0.2, 0.25) is 0 Å². The Kier molecular flexibility index (Phi) is 4.07. The topological polar surface area (TPSA) is 71.1 Å². The zero-order chi connectivity index (χ0) is 17.9. The lowest BCUT2D eigenvalue weighted by atomic mass is 10.2. The highest BCUT2D eigenvalue weighted by Gasteiger charge is 2.10. The molecular weight excluding hydrogens is 328 g/mol. The maximum absolute atomic E-state index is 11.1. The molecule has 2 heterocycles. The zero-order valence-electron chi connectivity index (χ0n) is 14.1. The number of anilines is 2. The summed E-state index contributed by atoms with van der Waals surface area (Å²) in [6.07, 6.45) is 2.32. The molecule has 0 aliphatic rings. The minimum atomic E-state index is 0.292. The van der Waals surface area contributed by atoms with Crippen LogP contribution in [0.1, 0.15) is 10.4 Å². The van der Waals surface area contributed by atoms with Gasteiger partial charge in [-0.25, -0.2) is 9.97 Å². The number of nitrogens with zero attached hydrogens (tertiary/aromatic N) is 3. The van der Waals surface area contributed by atoms with Crippen LogP contribution in [0.4, 0.5) is 11.6 Å². The van der Waals surface area contributed by atoms with Crippen LogP contribution in [-0.2, 0) is 0 Å². The van der Waals surface area contributed by atoms with Crippen LogP contribution in [-0.4, -0.2) is 28.3 Å². The van der Waals surface area contributed by atoms with Crippen LogP contribution < -0.4 is 9.64 Å². The fourth-order valence-electron chi connectivity index (χ4n) is 2.65. The Labute approximate surface area is 150 Å². The summed E-state index contributed by atoms with van der Waals surface area (Å²) in [5.41, 5.74) is 3.28. The van der Waals surface area contributed by atoms with Gasteiger partial charge in [0.15, 0.2) is 6.29 Å². The summed E-state index contributed by atoms with van der Waals surface area (Å²) >= 11 is 0. The van der Waals surface area contributed by atoms with Crippen molar-refractivity contribution in [2.24, 2.45) is 0 Å². The highest BCUT2D eigenvalue weighted by Crippen LogP contribution is 2.27. The maximum Gasteiger partial charge on any atom is 0.229 e. The molecule has 1 N–H and O–H groups in total. The minimum absolute atomic E-state index is 0.292. The number of aromatic nitrogens is 3. The van der Waals surface area contributed by atoms with Crippen molar-refractivity contribution in [3.05, 3.63) is 72.4 Å². The van der Waals surface area contributed by atoms with Crippen molar-refractivity contribution in [1.82, 2.24) is 15.0 Å². The summed E-state index contributed by atoms with van der Waals surface area (Å²) in [6, 6.07) is 18.8. The van der Waals surface area contributed by atoms with Crippen LogP contribution in [0.15, 0.2) is 66.9 Å². The van der Waals surface area contributed by atoms with E-state index in [0.717, 1.165) is 29.0 Å². The highest BCUT2D eigenvalue weighted by molar-refractivity contribution is 5.79. The SMILES string of the molecule is CN(c1ccc(Oc2ncccc2C=O)cc1)c1nc2ccccc2[nH]1. The number of hydrogen-bond donors (Lipinski definition) is 1. The third-order valence-electron chi connectivity index (χ3n) is 4.06. The number of H-pyrrole nitrogens is 1. The third kappa shape index (κ3) is 3.00. The minimum Gasteiger partial charge on any atom is -0.438 e. The quantitative estimate of drug-likeness (QED) is 0.546. The Morgan fingerprint density at radius 2 is 1.85 bits per heavy atom. The number of nitrogens with one attached hydrogen (secondary N) is 1. The molecule has 2 aromatic heterocycles. The maximum atomic E-state index is 11.1. The standard InChI is InChI=1S/C20H16N4O2/c1-24(20-22-17-6-2-3-7-18(17)23-20)15-8-10-16(11-9-15)26-19-14(13-25)5-4-12-21-19/h2-13H,1H3,(H,22,23). The zero-order valence-corrected chi connectivity index (χ0v) is 14.1. The molecule has 0 saturated heterocycles. The number of rotatable bonds is 5. The molecule has 6 heteroatoms. The van der Waals surface area contributed by atoms with Gasteiger partial charge in [0.2, 0.25) is 11.8 Å². The highest BCUT2D eigenvalue weighted by atomic mass is 16.5. The lowest BCUT2D eigenvalue weighted by Gasteiger charge is -2.16. The first-order valence-corrected chi connectivity index (χ1v) is 8.11. The van der Waals surface area contributed by atoms with Crippen molar-refractivity contribution in [3.8, 4) is 11.6 Å². The molecule has 128 valence electrons. The van der Waals surface area contributed by atoms with E-state index in [2.05, 4.69) is 15.0 Å². The average Bonchev–Trinajstić information content (AvgIpc) is 3.13. The molecule has 0 spiro atoms. The number of ether oxygens (including phenoxy) is 1. The summed E-state index contributed by atoms with van der Waals surface area (Å²) in [7, 11) is 1.94. The number of benzene rings is 2. The Hall–Kier alpha value is -3.67. The predicted octanol–water partition coefficient (Wildman–Crippen LogP) is 4.33. The van der Waals surface area contributed by atoms with Gasteiger partial charge in [0, 0.05) is 18.9 Å². The molecule has 0 aliphatic heterocycles. The van der Waals surface area contributed by atoms with Gasteiger partial charge in [-0.2, -0.15) is 0 Å². The van der Waals surface area contributed by atoms with E-state index in [9.17, 15) is 4.79 Å². The van der Waals surface area contributed by atoms with Gasteiger partial charge >= 0.3 is 0 Å². The fourth-order valence-corrected chi connectivity index (χ4v) is 2.65. The van der Waals surface area contributed by atoms with Crippen molar-refractivity contribution in [2.75, 3.05) is 11.9 Å². The Morgan fingerprint density at radius 1 is 1.04 bits per heavy atom. The van der Waals surface area contributed by atoms with Crippen molar-refractivity contribution in [3.63, 3.8) is 0 Å². The van der Waals surface area contributed by atoms with E-state index < -0.39 is 0 Å². The summed E-state index contributed by atoms with van der Waals surface area (Å²) in [5.74, 6) is 1.65. The van der Waals surface area contributed by atoms with Crippen LogP contribution in [0.25, 0.3) is 11.0 Å². The van der Waals surface area contributed by atoms with Crippen LogP contribution in [0.5, 0.6) is 11.6 Å². The molecule has 0 amide bonds. The Balaban J connectivity index is 1.56. The number of carbonyl (C=O) groups excluding carboxylic acids is 1. The van der Waals surface area contributed by atoms with Crippen molar-refractivity contribution in [2.45, 2.75) is 0 Å². The molecule has 0 saturated carbocycles. The molecule has 0 bridgehead atoms. The lowest BCUT2D eigenvalue weighted by Crippen LogP contribution is -2.10. The summed E-state index contributed by atoms with van der Waals surface area (Å²) < 4.78 is 5.70. The molecule has 0 unspecified atom stereocenters. The van der Waals surface area contributed by atoms with Gasteiger partial charge in [-0.3, -0.25) is 4.79 Å². The van der Waals surface area contributed by atoms with Gasteiger partial charge in [0.1, 0.15) is 5.75 Å². The van der Waals surface area contributed by atoms with Gasteiger partial charge in [-0.15, -0.1) is 0 Å². The monoisotopic (exact) mass is 344 g/mol. The van der Waals surface area contributed by atoms with E-state index in [-0.39, 0.29) is 0 Å². The number of hydrogen-bond acceptors (Lipinski definition) is 5. The van der Waals surface area contributed by atoms with E-state index >= 15 is 0 Å². The molecule has 0 atom stereocenters. The van der Waals surface area contributed by atoms with Crippen molar-refractivity contribution < 1.29 is 9.53 Å². The van der Waals surface area contributed by atoms with Crippen molar-refractivity contribution >= 4 is 29.0 Å². The van der Waals surface area contributed by atoms with Crippen LogP contribution in [0, 0.1) is 0 Å². The predicted molar refractivity (Wildman–Crippen MR) is 100 cm³/mol. The molecule has 4 aromatic rings. The molecule has 6 nitrogen and oxygen atoms in total. The Bertz CT molecular complexity index is 1020. The van der Waals surface area contributed by atoms with E-state index in [1.54, 1.807) is 18.3 Å². The summed E-state index contributed by atoms with van der Waals surface area (Å²) in [4.78, 5) is 25.0. The molecule has 4 rings (SSSR count). The fraction of sp³-hybridized carbons (Fsp3) is 0.0500.